The van der Waals surface area contributed by atoms with E-state index in [9.17, 15) is 4.79 Å². The maximum Gasteiger partial charge on any atom is 0.262 e. The van der Waals surface area contributed by atoms with Crippen molar-refractivity contribution in [2.75, 3.05) is 18.4 Å². The maximum absolute atomic E-state index is 12.9. The lowest BCUT2D eigenvalue weighted by Crippen LogP contribution is -2.29. The van der Waals surface area contributed by atoms with E-state index in [-0.39, 0.29) is 5.91 Å². The van der Waals surface area contributed by atoms with Crippen LogP contribution in [0, 0.1) is 6.92 Å². The predicted octanol–water partition coefficient (Wildman–Crippen LogP) is 3.98. The topological polar surface area (TPSA) is 63.1 Å². The van der Waals surface area contributed by atoms with E-state index in [4.69, 9.17) is 11.6 Å². The molecule has 0 aliphatic carbocycles. The number of carbonyl (C=O) groups excluding carboxylic acids is 1. The number of benzene rings is 1. The summed E-state index contributed by atoms with van der Waals surface area (Å²) in [5.41, 5.74) is 3.18. The molecule has 2 aromatic heterocycles. The first-order valence-corrected chi connectivity index (χ1v) is 10.5. The Morgan fingerprint density at radius 2 is 2.11 bits per heavy atom. The van der Waals surface area contributed by atoms with Crippen LogP contribution in [0.1, 0.15) is 39.1 Å². The minimum atomic E-state index is -0.264. The van der Waals surface area contributed by atoms with Gasteiger partial charge in [-0.25, -0.2) is 9.67 Å². The van der Waals surface area contributed by atoms with Crippen LogP contribution in [0.3, 0.4) is 0 Å². The molecule has 28 heavy (non-hydrogen) atoms. The number of aryl methyl sites for hydroxylation is 1. The standard InChI is InChI=1S/C20H22ClN5OS/c1-3-25-10-9-15-16(12-25)28-20(22-15)23-19(27)17-13(2)24-26(18(17)21)11-14-7-5-4-6-8-14/h4-8H,3,9-12H2,1-2H3,(H,22,23,27). The van der Waals surface area contributed by atoms with E-state index in [1.54, 1.807) is 22.9 Å². The van der Waals surface area contributed by atoms with Gasteiger partial charge in [0.15, 0.2) is 5.13 Å². The molecule has 4 rings (SSSR count). The third-order valence-corrected chi connectivity index (χ3v) is 6.33. The zero-order valence-corrected chi connectivity index (χ0v) is 17.5. The molecule has 8 heteroatoms. The van der Waals surface area contributed by atoms with Gasteiger partial charge in [0.2, 0.25) is 0 Å². The minimum Gasteiger partial charge on any atom is -0.298 e. The maximum atomic E-state index is 12.9. The molecule has 1 N–H and O–H groups in total. The number of nitrogens with one attached hydrogen (secondary N) is 1. The Kier molecular flexibility index (Phi) is 5.48. The van der Waals surface area contributed by atoms with Crippen LogP contribution < -0.4 is 5.32 Å². The first-order chi connectivity index (χ1) is 13.5. The second-order valence-corrected chi connectivity index (χ2v) is 8.30. The van der Waals surface area contributed by atoms with Crippen molar-refractivity contribution >= 4 is 34.0 Å². The van der Waals surface area contributed by atoms with E-state index in [1.807, 2.05) is 30.3 Å². The Morgan fingerprint density at radius 3 is 2.86 bits per heavy atom. The molecule has 0 saturated heterocycles. The molecule has 0 atom stereocenters. The van der Waals surface area contributed by atoms with E-state index in [0.717, 1.165) is 37.3 Å². The summed E-state index contributed by atoms with van der Waals surface area (Å²) in [6.45, 7) is 7.41. The Morgan fingerprint density at radius 1 is 1.32 bits per heavy atom. The van der Waals surface area contributed by atoms with Crippen molar-refractivity contribution in [1.82, 2.24) is 19.7 Å². The van der Waals surface area contributed by atoms with Gasteiger partial charge in [-0.3, -0.25) is 15.0 Å². The molecule has 0 radical (unpaired) electrons. The molecule has 3 heterocycles. The van der Waals surface area contributed by atoms with Gasteiger partial charge in [-0.2, -0.15) is 5.10 Å². The van der Waals surface area contributed by atoms with Crippen molar-refractivity contribution < 1.29 is 4.79 Å². The quantitative estimate of drug-likeness (QED) is 0.684. The van der Waals surface area contributed by atoms with Gasteiger partial charge in [0.1, 0.15) is 5.15 Å². The lowest BCUT2D eigenvalue weighted by molar-refractivity contribution is 0.102. The molecular weight excluding hydrogens is 394 g/mol. The molecule has 146 valence electrons. The molecule has 1 aromatic carbocycles. The Balaban J connectivity index is 1.52. The van der Waals surface area contributed by atoms with Crippen LogP contribution in [-0.2, 0) is 19.5 Å². The fraction of sp³-hybridized carbons (Fsp3) is 0.350. The monoisotopic (exact) mass is 415 g/mol. The molecular formula is C20H22ClN5OS. The molecule has 0 spiro atoms. The number of likely N-dealkylation sites (N-methyl/N-ethyl adjacent to an activating group) is 1. The number of halogens is 1. The lowest BCUT2D eigenvalue weighted by Gasteiger charge is -2.23. The van der Waals surface area contributed by atoms with Gasteiger partial charge in [-0.05, 0) is 19.0 Å². The molecule has 0 saturated carbocycles. The molecule has 0 unspecified atom stereocenters. The van der Waals surface area contributed by atoms with E-state index >= 15 is 0 Å². The normalized spacial score (nSPS) is 14.1. The molecule has 1 aliphatic heterocycles. The fourth-order valence-electron chi connectivity index (χ4n) is 3.40. The average Bonchev–Trinajstić information content (AvgIpc) is 3.21. The summed E-state index contributed by atoms with van der Waals surface area (Å²) < 4.78 is 1.66. The summed E-state index contributed by atoms with van der Waals surface area (Å²) in [6, 6.07) is 9.92. The van der Waals surface area contributed by atoms with Crippen molar-refractivity contribution in [1.29, 1.82) is 0 Å². The van der Waals surface area contributed by atoms with Gasteiger partial charge in [0, 0.05) is 24.4 Å². The van der Waals surface area contributed by atoms with Gasteiger partial charge in [-0.1, -0.05) is 48.9 Å². The largest absolute Gasteiger partial charge is 0.298 e. The first-order valence-electron chi connectivity index (χ1n) is 9.34. The predicted molar refractivity (Wildman–Crippen MR) is 112 cm³/mol. The van der Waals surface area contributed by atoms with Crippen LogP contribution in [0.25, 0.3) is 0 Å². The van der Waals surface area contributed by atoms with Crippen LogP contribution in [-0.4, -0.2) is 38.7 Å². The highest BCUT2D eigenvalue weighted by Crippen LogP contribution is 2.29. The fourth-order valence-corrected chi connectivity index (χ4v) is 4.77. The highest BCUT2D eigenvalue weighted by atomic mass is 35.5. The third kappa shape index (κ3) is 3.83. The van der Waals surface area contributed by atoms with Crippen LogP contribution in [0.15, 0.2) is 30.3 Å². The molecule has 1 amide bonds. The number of thiazole rings is 1. The van der Waals surface area contributed by atoms with Gasteiger partial charge in [-0.15, -0.1) is 11.3 Å². The molecule has 1 aliphatic rings. The summed E-state index contributed by atoms with van der Waals surface area (Å²) in [5.74, 6) is -0.264. The number of hydrogen-bond acceptors (Lipinski definition) is 5. The van der Waals surface area contributed by atoms with Crippen molar-refractivity contribution in [2.24, 2.45) is 0 Å². The van der Waals surface area contributed by atoms with Crippen LogP contribution in [0.2, 0.25) is 5.15 Å². The Bertz CT molecular complexity index is 998. The number of aromatic nitrogens is 3. The number of carbonyl (C=O) groups is 1. The summed E-state index contributed by atoms with van der Waals surface area (Å²) in [7, 11) is 0. The highest BCUT2D eigenvalue weighted by Gasteiger charge is 2.24. The molecule has 0 fully saturated rings. The van der Waals surface area contributed by atoms with E-state index in [2.05, 4.69) is 27.2 Å². The zero-order chi connectivity index (χ0) is 19.7. The second-order valence-electron chi connectivity index (χ2n) is 6.86. The summed E-state index contributed by atoms with van der Waals surface area (Å²) in [5, 5.41) is 8.34. The van der Waals surface area contributed by atoms with Crippen molar-refractivity contribution in [3.8, 4) is 0 Å². The number of anilines is 1. The van der Waals surface area contributed by atoms with E-state index < -0.39 is 0 Å². The molecule has 0 bridgehead atoms. The van der Waals surface area contributed by atoms with Crippen molar-refractivity contribution in [2.45, 2.75) is 33.4 Å². The summed E-state index contributed by atoms with van der Waals surface area (Å²) >= 11 is 8.04. The van der Waals surface area contributed by atoms with Crippen LogP contribution in [0.5, 0.6) is 0 Å². The highest BCUT2D eigenvalue weighted by molar-refractivity contribution is 7.15. The summed E-state index contributed by atoms with van der Waals surface area (Å²) in [4.78, 5) is 21.1. The van der Waals surface area contributed by atoms with Gasteiger partial charge < -0.3 is 0 Å². The lowest BCUT2D eigenvalue weighted by atomic mass is 10.2. The number of rotatable bonds is 5. The second kappa shape index (κ2) is 8.03. The molecule has 3 aromatic rings. The third-order valence-electron chi connectivity index (χ3n) is 4.95. The Labute approximate surface area is 173 Å². The number of amides is 1. The number of hydrogen-bond donors (Lipinski definition) is 1. The van der Waals surface area contributed by atoms with Crippen molar-refractivity contribution in [3.63, 3.8) is 0 Å². The van der Waals surface area contributed by atoms with Gasteiger partial charge in [0.25, 0.3) is 5.91 Å². The van der Waals surface area contributed by atoms with Gasteiger partial charge >= 0.3 is 0 Å². The van der Waals surface area contributed by atoms with E-state index in [1.165, 1.54) is 4.88 Å². The smallest absolute Gasteiger partial charge is 0.262 e. The molecule has 6 nitrogen and oxygen atoms in total. The first kappa shape index (κ1) is 19.1. The SMILES string of the molecule is CCN1CCc2nc(NC(=O)c3c(C)nn(Cc4ccccc4)c3Cl)sc2C1. The summed E-state index contributed by atoms with van der Waals surface area (Å²) in [6.07, 6.45) is 0.921. The zero-order valence-electron chi connectivity index (χ0n) is 15.9. The number of fused-ring (bicyclic) bond motifs is 1. The average molecular weight is 416 g/mol. The van der Waals surface area contributed by atoms with E-state index in [0.29, 0.717) is 28.1 Å². The van der Waals surface area contributed by atoms with Gasteiger partial charge in [0.05, 0.1) is 23.5 Å². The minimum absolute atomic E-state index is 0.264. The number of nitrogens with zero attached hydrogens (tertiary/aromatic N) is 4. The van der Waals surface area contributed by atoms with Crippen molar-refractivity contribution in [3.05, 3.63) is 62.9 Å². The van der Waals surface area contributed by atoms with Crippen LogP contribution >= 0.6 is 22.9 Å². The Hall–Kier alpha value is -2.22. The van der Waals surface area contributed by atoms with Crippen LogP contribution in [0.4, 0.5) is 5.13 Å².